The Morgan fingerprint density at radius 2 is 1.11 bits per heavy atom. The van der Waals surface area contributed by atoms with Crippen molar-refractivity contribution in [2.75, 3.05) is 4.90 Å². The van der Waals surface area contributed by atoms with Crippen LogP contribution in [0.3, 0.4) is 0 Å². The highest BCUT2D eigenvalue weighted by Crippen LogP contribution is 2.59. The van der Waals surface area contributed by atoms with Gasteiger partial charge in [-0.2, -0.15) is 0 Å². The van der Waals surface area contributed by atoms with E-state index in [0.717, 1.165) is 39.0 Å². The average molecular weight is 750 g/mol. The normalized spacial score (nSPS) is 14.6. The minimum atomic E-state index is -0.162. The molecule has 2 aromatic heterocycles. The fourth-order valence-corrected chi connectivity index (χ4v) is 11.3. The van der Waals surface area contributed by atoms with Crippen LogP contribution in [0.4, 0.5) is 17.1 Å². The fraction of sp³-hybridized carbons (Fsp3) is 0.111. The number of hydrogen-bond donors (Lipinski definition) is 0. The van der Waals surface area contributed by atoms with Crippen molar-refractivity contribution >= 4 is 70.5 Å². The number of furan rings is 1. The van der Waals surface area contributed by atoms with Crippen molar-refractivity contribution in [2.24, 2.45) is 0 Å². The maximum Gasteiger partial charge on any atom is 0.135 e. The van der Waals surface area contributed by atoms with Gasteiger partial charge in [0.1, 0.15) is 11.2 Å². The molecule has 0 N–H and O–H groups in total. The van der Waals surface area contributed by atoms with E-state index in [1.54, 1.807) is 0 Å². The van der Waals surface area contributed by atoms with Gasteiger partial charge in [0.05, 0.1) is 0 Å². The molecule has 0 saturated carbocycles. The van der Waals surface area contributed by atoms with Crippen LogP contribution >= 0.6 is 11.3 Å². The monoisotopic (exact) mass is 749 g/mol. The lowest BCUT2D eigenvalue weighted by atomic mass is 9.77. The molecule has 0 aliphatic heterocycles. The van der Waals surface area contributed by atoms with Gasteiger partial charge in [-0.25, -0.2) is 0 Å². The van der Waals surface area contributed by atoms with Gasteiger partial charge in [-0.15, -0.1) is 11.3 Å². The average Bonchev–Trinajstić information content (AvgIpc) is 3.93. The van der Waals surface area contributed by atoms with Crippen molar-refractivity contribution in [3.05, 3.63) is 186 Å². The molecule has 12 rings (SSSR count). The van der Waals surface area contributed by atoms with Gasteiger partial charge in [0.25, 0.3) is 0 Å². The van der Waals surface area contributed by atoms with Gasteiger partial charge >= 0.3 is 0 Å². The Morgan fingerprint density at radius 3 is 2.00 bits per heavy atom. The van der Waals surface area contributed by atoms with E-state index in [9.17, 15) is 0 Å². The molecule has 2 aliphatic rings. The standard InChI is InChI=1S/C54H39NOS/c1-53(2)44-17-8-5-16-41(44)51-45(53)25-24-40-37-23-20-33(29-46(37)54(3,4)52(40)51)32-12-11-13-34(28-32)55(35-21-26-48-42(30-35)38-14-6-9-18-47(38)56-48)36-22-27-50-43(31-36)39-15-7-10-19-49(39)57-50/h5-31H,1-4H3. The number of benzene rings is 8. The van der Waals surface area contributed by atoms with Crippen LogP contribution in [0.1, 0.15) is 49.9 Å². The summed E-state index contributed by atoms with van der Waals surface area (Å²) in [6, 6.07) is 60.7. The number of hydrogen-bond acceptors (Lipinski definition) is 3. The summed E-state index contributed by atoms with van der Waals surface area (Å²) < 4.78 is 8.89. The summed E-state index contributed by atoms with van der Waals surface area (Å²) in [6.07, 6.45) is 0. The first-order valence-corrected chi connectivity index (χ1v) is 20.7. The molecule has 0 spiro atoms. The Bertz CT molecular complexity index is 3210. The smallest absolute Gasteiger partial charge is 0.135 e. The lowest BCUT2D eigenvalue weighted by Gasteiger charge is -2.27. The molecule has 2 nitrogen and oxygen atoms in total. The van der Waals surface area contributed by atoms with E-state index in [-0.39, 0.29) is 10.8 Å². The highest BCUT2D eigenvalue weighted by atomic mass is 32.1. The third kappa shape index (κ3) is 4.58. The van der Waals surface area contributed by atoms with Gasteiger partial charge in [-0.05, 0) is 122 Å². The number of nitrogens with zero attached hydrogens (tertiary/aromatic N) is 1. The second-order valence-electron chi connectivity index (χ2n) is 16.9. The summed E-state index contributed by atoms with van der Waals surface area (Å²) >= 11 is 1.85. The number of rotatable bonds is 4. The molecule has 272 valence electrons. The number of anilines is 3. The molecule has 0 bridgehead atoms. The first kappa shape index (κ1) is 32.8. The molecular weight excluding hydrogens is 711 g/mol. The summed E-state index contributed by atoms with van der Waals surface area (Å²) in [4.78, 5) is 2.41. The van der Waals surface area contributed by atoms with Gasteiger partial charge in [0.2, 0.25) is 0 Å². The quantitative estimate of drug-likeness (QED) is 0.178. The Kier molecular flexibility index (Phi) is 6.65. The highest BCUT2D eigenvalue weighted by molar-refractivity contribution is 7.25. The zero-order chi connectivity index (χ0) is 38.2. The largest absolute Gasteiger partial charge is 0.456 e. The van der Waals surface area contributed by atoms with E-state index < -0.39 is 0 Å². The predicted octanol–water partition coefficient (Wildman–Crippen LogP) is 15.7. The third-order valence-corrected chi connectivity index (χ3v) is 14.2. The molecule has 0 atom stereocenters. The van der Waals surface area contributed by atoms with Gasteiger partial charge in [0.15, 0.2) is 0 Å². The van der Waals surface area contributed by atoms with Crippen molar-refractivity contribution < 1.29 is 4.42 Å². The van der Waals surface area contributed by atoms with Gasteiger partial charge in [-0.1, -0.05) is 125 Å². The third-order valence-electron chi connectivity index (χ3n) is 13.0. The molecule has 0 saturated heterocycles. The molecular formula is C54H39NOS. The van der Waals surface area contributed by atoms with E-state index in [0.29, 0.717) is 0 Å². The Balaban J connectivity index is 1.01. The summed E-state index contributed by atoms with van der Waals surface area (Å²) in [5.74, 6) is 0. The second kappa shape index (κ2) is 11.6. The van der Waals surface area contributed by atoms with Gasteiger partial charge in [0, 0.05) is 58.8 Å². The molecule has 0 radical (unpaired) electrons. The van der Waals surface area contributed by atoms with E-state index in [1.165, 1.54) is 75.8 Å². The van der Waals surface area contributed by atoms with Gasteiger partial charge < -0.3 is 9.32 Å². The lowest BCUT2D eigenvalue weighted by Crippen LogP contribution is -2.18. The highest BCUT2D eigenvalue weighted by Gasteiger charge is 2.44. The molecule has 3 heteroatoms. The minimum absolute atomic E-state index is 0.0282. The zero-order valence-corrected chi connectivity index (χ0v) is 33.2. The SMILES string of the molecule is CC1(C)c2ccccc2-c2c1ccc1c2C(C)(C)c2cc(-c3cccc(N(c4ccc5oc6ccccc6c5c4)c4ccc5sc6ccccc6c5c4)c3)ccc2-1. The van der Waals surface area contributed by atoms with Gasteiger partial charge in [-0.3, -0.25) is 0 Å². The minimum Gasteiger partial charge on any atom is -0.456 e. The molecule has 57 heavy (non-hydrogen) atoms. The van der Waals surface area contributed by atoms with E-state index in [4.69, 9.17) is 4.42 Å². The Labute approximate surface area is 336 Å². The molecule has 0 amide bonds. The second-order valence-corrected chi connectivity index (χ2v) is 18.0. The van der Waals surface area contributed by atoms with Crippen LogP contribution in [-0.4, -0.2) is 0 Å². The summed E-state index contributed by atoms with van der Waals surface area (Å²) in [5.41, 5.74) is 18.6. The van der Waals surface area contributed by atoms with Crippen LogP contribution in [-0.2, 0) is 10.8 Å². The molecule has 10 aromatic rings. The van der Waals surface area contributed by atoms with Crippen LogP contribution < -0.4 is 4.90 Å². The van der Waals surface area contributed by atoms with Crippen molar-refractivity contribution in [3.63, 3.8) is 0 Å². The number of para-hydroxylation sites is 1. The first-order valence-electron chi connectivity index (χ1n) is 19.9. The van der Waals surface area contributed by atoms with E-state index in [1.807, 2.05) is 17.4 Å². The molecule has 2 aliphatic carbocycles. The van der Waals surface area contributed by atoms with Crippen molar-refractivity contribution in [3.8, 4) is 33.4 Å². The topological polar surface area (TPSA) is 16.4 Å². The molecule has 0 unspecified atom stereocenters. The van der Waals surface area contributed by atoms with Crippen LogP contribution in [0.2, 0.25) is 0 Å². The number of thiophene rings is 1. The zero-order valence-electron chi connectivity index (χ0n) is 32.4. The maximum atomic E-state index is 6.28. The molecule has 2 heterocycles. The van der Waals surface area contributed by atoms with E-state index in [2.05, 4.69) is 190 Å². The molecule has 0 fully saturated rings. The Hall–Kier alpha value is -6.42. The first-order chi connectivity index (χ1) is 27.8. The van der Waals surface area contributed by atoms with Crippen LogP contribution in [0.15, 0.2) is 168 Å². The van der Waals surface area contributed by atoms with Crippen molar-refractivity contribution in [2.45, 2.75) is 38.5 Å². The van der Waals surface area contributed by atoms with Crippen LogP contribution in [0.5, 0.6) is 0 Å². The summed E-state index contributed by atoms with van der Waals surface area (Å²) in [6.45, 7) is 9.61. The molecule has 8 aromatic carbocycles. The van der Waals surface area contributed by atoms with E-state index >= 15 is 0 Å². The predicted molar refractivity (Wildman–Crippen MR) is 242 cm³/mol. The van der Waals surface area contributed by atoms with Crippen LogP contribution in [0, 0.1) is 0 Å². The van der Waals surface area contributed by atoms with Crippen molar-refractivity contribution in [1.29, 1.82) is 0 Å². The lowest BCUT2D eigenvalue weighted by molar-refractivity contribution is 0.647. The van der Waals surface area contributed by atoms with Crippen LogP contribution in [0.25, 0.3) is 75.5 Å². The summed E-state index contributed by atoms with van der Waals surface area (Å²) in [7, 11) is 0. The fourth-order valence-electron chi connectivity index (χ4n) is 10.3. The van der Waals surface area contributed by atoms with Crippen molar-refractivity contribution in [1.82, 2.24) is 0 Å². The Morgan fingerprint density at radius 1 is 0.421 bits per heavy atom. The number of fused-ring (bicyclic) bond motifs is 13. The maximum absolute atomic E-state index is 6.28. The summed E-state index contributed by atoms with van der Waals surface area (Å²) in [5, 5.41) is 4.82.